The molecule has 0 N–H and O–H groups in total. The molecule has 0 aliphatic rings. The molecule has 4 rings (SSSR count). The molecule has 29 heavy (non-hydrogen) atoms. The van der Waals surface area contributed by atoms with Gasteiger partial charge in [-0.25, -0.2) is 0 Å². The average Bonchev–Trinajstić information content (AvgIpc) is 2.71. The Morgan fingerprint density at radius 2 is 1.21 bits per heavy atom. The van der Waals surface area contributed by atoms with E-state index in [1.54, 1.807) is 0 Å². The van der Waals surface area contributed by atoms with Crippen LogP contribution in [0.25, 0.3) is 32.7 Å². The number of fused-ring (bicyclic) bond motifs is 2. The van der Waals surface area contributed by atoms with Crippen molar-refractivity contribution < 1.29 is 0 Å². The molecule has 0 unspecified atom stereocenters. The van der Waals surface area contributed by atoms with Gasteiger partial charge in [0.05, 0.1) is 0 Å². The summed E-state index contributed by atoms with van der Waals surface area (Å²) in [5.74, 6) is 0. The van der Waals surface area contributed by atoms with Gasteiger partial charge in [0.15, 0.2) is 0 Å². The Labute approximate surface area is 175 Å². The van der Waals surface area contributed by atoms with E-state index in [9.17, 15) is 0 Å². The monoisotopic (exact) mass is 380 g/mol. The molecular weight excluding hydrogens is 348 g/mol. The Morgan fingerprint density at radius 1 is 0.724 bits per heavy atom. The highest BCUT2D eigenvalue weighted by molar-refractivity contribution is 6.08. The van der Waals surface area contributed by atoms with Crippen molar-refractivity contribution in [1.82, 2.24) is 0 Å². The van der Waals surface area contributed by atoms with Gasteiger partial charge in [0, 0.05) is 0 Å². The Balaban J connectivity index is 0.00000117. The molecule has 0 amide bonds. The molecule has 4 aromatic carbocycles. The van der Waals surface area contributed by atoms with Gasteiger partial charge < -0.3 is 0 Å². The van der Waals surface area contributed by atoms with E-state index in [0.29, 0.717) is 0 Å². The minimum Gasteiger partial charge on any atom is -0.0998 e. The Morgan fingerprint density at radius 3 is 1.76 bits per heavy atom. The fourth-order valence-corrected chi connectivity index (χ4v) is 4.26. The van der Waals surface area contributed by atoms with Crippen LogP contribution < -0.4 is 0 Å². The smallest absolute Gasteiger partial charge is 0.00584 e. The topological polar surface area (TPSA) is 0 Å². The van der Waals surface area contributed by atoms with E-state index < -0.39 is 0 Å². The molecule has 0 aliphatic carbocycles. The van der Waals surface area contributed by atoms with E-state index >= 15 is 0 Å². The van der Waals surface area contributed by atoms with E-state index in [1.807, 2.05) is 13.8 Å². The first kappa shape index (κ1) is 20.9. The first-order valence-corrected chi connectivity index (χ1v) is 10.6. The highest BCUT2D eigenvalue weighted by atomic mass is 14.2. The van der Waals surface area contributed by atoms with E-state index in [-0.39, 0.29) is 0 Å². The van der Waals surface area contributed by atoms with Crippen molar-refractivity contribution in [3.05, 3.63) is 95.1 Å². The van der Waals surface area contributed by atoms with E-state index in [4.69, 9.17) is 0 Å². The van der Waals surface area contributed by atoms with Crippen LogP contribution in [-0.4, -0.2) is 0 Å². The van der Waals surface area contributed by atoms with Crippen LogP contribution in [0, 0.1) is 20.8 Å². The number of allylic oxidation sites excluding steroid dienone is 1. The zero-order valence-corrected chi connectivity index (χ0v) is 18.7. The highest BCUT2D eigenvalue weighted by Gasteiger charge is 2.18. The van der Waals surface area contributed by atoms with Crippen molar-refractivity contribution in [2.24, 2.45) is 0 Å². The molecule has 0 bridgehead atoms. The van der Waals surface area contributed by atoms with E-state index in [2.05, 4.69) is 94.9 Å². The lowest BCUT2D eigenvalue weighted by Gasteiger charge is -2.21. The predicted molar refractivity (Wildman–Crippen MR) is 131 cm³/mol. The minimum atomic E-state index is 0.910. The van der Waals surface area contributed by atoms with Crippen molar-refractivity contribution in [2.75, 3.05) is 0 Å². The maximum Gasteiger partial charge on any atom is -0.00584 e. The minimum absolute atomic E-state index is 0.910. The van der Waals surface area contributed by atoms with Crippen LogP contribution in [0.4, 0.5) is 0 Å². The van der Waals surface area contributed by atoms with Gasteiger partial charge in [-0.3, -0.25) is 0 Å². The first-order valence-electron chi connectivity index (χ1n) is 10.6. The molecule has 0 atom stereocenters. The van der Waals surface area contributed by atoms with E-state index in [0.717, 1.165) is 6.42 Å². The second-order valence-corrected chi connectivity index (χ2v) is 7.82. The van der Waals surface area contributed by atoms with Crippen LogP contribution in [0.1, 0.15) is 43.0 Å². The van der Waals surface area contributed by atoms with Crippen molar-refractivity contribution in [3.63, 3.8) is 0 Å². The van der Waals surface area contributed by atoms with Crippen LogP contribution in [0.3, 0.4) is 0 Å². The molecule has 0 spiro atoms. The Hall–Kier alpha value is -2.86. The van der Waals surface area contributed by atoms with Gasteiger partial charge in [-0.2, -0.15) is 0 Å². The summed E-state index contributed by atoms with van der Waals surface area (Å²) in [5.41, 5.74) is 9.41. The molecule has 0 aromatic heterocycles. The van der Waals surface area contributed by atoms with Gasteiger partial charge in [-0.15, -0.1) is 0 Å². The van der Waals surface area contributed by atoms with Crippen LogP contribution in [0.15, 0.2) is 72.8 Å². The second kappa shape index (κ2) is 8.66. The second-order valence-electron chi connectivity index (χ2n) is 7.82. The van der Waals surface area contributed by atoms with Gasteiger partial charge in [0.25, 0.3) is 0 Å². The molecule has 0 saturated heterocycles. The molecule has 0 nitrogen and oxygen atoms in total. The third-order valence-corrected chi connectivity index (χ3v) is 5.68. The lowest BCUT2D eigenvalue weighted by atomic mass is 9.82. The zero-order valence-electron chi connectivity index (χ0n) is 18.7. The molecule has 0 aliphatic heterocycles. The number of benzene rings is 4. The molecule has 0 saturated carbocycles. The van der Waals surface area contributed by atoms with Gasteiger partial charge in [-0.1, -0.05) is 86.7 Å². The summed E-state index contributed by atoms with van der Waals surface area (Å²) in [6.07, 6.45) is 0.910. The molecule has 0 radical (unpaired) electrons. The molecule has 0 heteroatoms. The third-order valence-electron chi connectivity index (χ3n) is 5.68. The Bertz CT molecular complexity index is 1190. The predicted octanol–water partition coefficient (Wildman–Crippen LogP) is 8.73. The SMILES string of the molecule is C=C(C)Cc1c(C)cc2ccccc2c1-c1c(C)c(C)cc2ccccc12.CC. The maximum absolute atomic E-state index is 4.21. The molecular formula is C29H32. The molecule has 148 valence electrons. The maximum atomic E-state index is 4.21. The van der Waals surface area contributed by atoms with Gasteiger partial charge >= 0.3 is 0 Å². The standard InChI is InChI=1S/C27H26.C2H6/c1-17(2)14-25-19(4)16-22-11-7-9-13-24(22)27(25)26-20(5)18(3)15-21-10-6-8-12-23(21)26;1-2/h6-13,15-16H,1,14H2,2-5H3;1-2H3. The quantitative estimate of drug-likeness (QED) is 0.312. The van der Waals surface area contributed by atoms with Crippen LogP contribution in [0.2, 0.25) is 0 Å². The summed E-state index contributed by atoms with van der Waals surface area (Å²) in [6, 6.07) is 22.2. The lowest BCUT2D eigenvalue weighted by Crippen LogP contribution is -2.00. The van der Waals surface area contributed by atoms with Gasteiger partial charge in [0.2, 0.25) is 0 Å². The lowest BCUT2D eigenvalue weighted by molar-refractivity contribution is 1.13. The first-order chi connectivity index (χ1) is 14.0. The van der Waals surface area contributed by atoms with Crippen molar-refractivity contribution in [1.29, 1.82) is 0 Å². The summed E-state index contributed by atoms with van der Waals surface area (Å²) >= 11 is 0. The van der Waals surface area contributed by atoms with Crippen molar-refractivity contribution in [2.45, 2.75) is 48.0 Å². The van der Waals surface area contributed by atoms with Crippen molar-refractivity contribution in [3.8, 4) is 11.1 Å². The van der Waals surface area contributed by atoms with Crippen LogP contribution in [0.5, 0.6) is 0 Å². The summed E-state index contributed by atoms with van der Waals surface area (Å²) in [4.78, 5) is 0. The number of hydrogen-bond donors (Lipinski definition) is 0. The summed E-state index contributed by atoms with van der Waals surface area (Å²) in [6.45, 7) is 17.1. The Kier molecular flexibility index (Phi) is 6.23. The third kappa shape index (κ3) is 3.85. The fraction of sp³-hybridized carbons (Fsp3) is 0.241. The summed E-state index contributed by atoms with van der Waals surface area (Å²) < 4.78 is 0. The molecule has 0 heterocycles. The fourth-order valence-electron chi connectivity index (χ4n) is 4.26. The van der Waals surface area contributed by atoms with Gasteiger partial charge in [-0.05, 0) is 89.0 Å². The largest absolute Gasteiger partial charge is 0.0998 e. The average molecular weight is 381 g/mol. The van der Waals surface area contributed by atoms with Crippen LogP contribution in [-0.2, 0) is 6.42 Å². The molecule has 4 aromatic rings. The van der Waals surface area contributed by atoms with Gasteiger partial charge in [0.1, 0.15) is 0 Å². The normalized spacial score (nSPS) is 10.7. The number of aryl methyl sites for hydroxylation is 2. The summed E-state index contributed by atoms with van der Waals surface area (Å²) in [7, 11) is 0. The molecule has 0 fully saturated rings. The van der Waals surface area contributed by atoms with Crippen molar-refractivity contribution >= 4 is 21.5 Å². The highest BCUT2D eigenvalue weighted by Crippen LogP contribution is 2.41. The zero-order chi connectivity index (χ0) is 21.1. The number of rotatable bonds is 3. The number of hydrogen-bond acceptors (Lipinski definition) is 0. The van der Waals surface area contributed by atoms with E-state index in [1.165, 1.54) is 60.5 Å². The van der Waals surface area contributed by atoms with Crippen LogP contribution >= 0.6 is 0 Å². The summed E-state index contributed by atoms with van der Waals surface area (Å²) in [5, 5.41) is 5.28.